The first-order chi connectivity index (χ1) is 9.78. The van der Waals surface area contributed by atoms with Crippen LogP contribution >= 0.6 is 0 Å². The van der Waals surface area contributed by atoms with Crippen LogP contribution < -0.4 is 5.32 Å². The zero-order valence-electron chi connectivity index (χ0n) is 11.0. The highest BCUT2D eigenvalue weighted by atomic mass is 16.1. The second kappa shape index (κ2) is 5.17. The maximum Gasteiger partial charge on any atom is 0.238 e. The predicted molar refractivity (Wildman–Crippen MR) is 74.8 cm³/mol. The van der Waals surface area contributed by atoms with E-state index in [1.165, 1.54) is 0 Å². The molecule has 0 unspecified atom stereocenters. The molecule has 1 aliphatic rings. The molecule has 0 saturated carbocycles. The summed E-state index contributed by atoms with van der Waals surface area (Å²) in [5.41, 5.74) is 2.81. The minimum Gasteiger partial charge on any atom is -0.328 e. The second-order valence-electron chi connectivity index (χ2n) is 4.78. The van der Waals surface area contributed by atoms with Crippen LogP contribution in [-0.4, -0.2) is 15.5 Å². The van der Waals surface area contributed by atoms with Crippen molar-refractivity contribution in [3.8, 4) is 17.3 Å². The van der Waals surface area contributed by atoms with E-state index in [0.29, 0.717) is 5.69 Å². The van der Waals surface area contributed by atoms with Gasteiger partial charge in [-0.2, -0.15) is 5.26 Å². The Morgan fingerprint density at radius 2 is 2.40 bits per heavy atom. The number of fused-ring (bicyclic) bond motifs is 1. The number of anilines is 1. The van der Waals surface area contributed by atoms with Gasteiger partial charge < -0.3 is 9.88 Å². The number of nitrogens with one attached hydrogen (secondary N) is 1. The van der Waals surface area contributed by atoms with Gasteiger partial charge in [-0.05, 0) is 18.6 Å². The summed E-state index contributed by atoms with van der Waals surface area (Å²) in [5.74, 6) is 0.835. The fourth-order valence-electron chi connectivity index (χ4n) is 2.52. The van der Waals surface area contributed by atoms with Crippen LogP contribution in [-0.2, 0) is 17.8 Å². The summed E-state index contributed by atoms with van der Waals surface area (Å²) in [4.78, 5) is 15.9. The van der Waals surface area contributed by atoms with Crippen LogP contribution in [0.15, 0.2) is 30.5 Å². The molecule has 0 saturated heterocycles. The van der Waals surface area contributed by atoms with Crippen molar-refractivity contribution in [3.63, 3.8) is 0 Å². The van der Waals surface area contributed by atoms with E-state index in [1.54, 1.807) is 0 Å². The van der Waals surface area contributed by atoms with Gasteiger partial charge in [-0.1, -0.05) is 12.1 Å². The molecule has 0 bridgehead atoms. The van der Waals surface area contributed by atoms with E-state index in [-0.39, 0.29) is 12.3 Å². The Morgan fingerprint density at radius 1 is 1.50 bits per heavy atom. The molecule has 0 fully saturated rings. The Balaban J connectivity index is 1.88. The highest BCUT2D eigenvalue weighted by Crippen LogP contribution is 2.27. The van der Waals surface area contributed by atoms with Crippen LogP contribution in [0.25, 0.3) is 11.3 Å². The van der Waals surface area contributed by atoms with Crippen molar-refractivity contribution in [2.24, 2.45) is 0 Å². The number of nitriles is 1. The topological polar surface area (TPSA) is 70.7 Å². The minimum absolute atomic E-state index is 0.133. The van der Waals surface area contributed by atoms with Crippen molar-refractivity contribution in [3.05, 3.63) is 36.3 Å². The quantitative estimate of drug-likeness (QED) is 0.927. The molecule has 2 aromatic rings. The van der Waals surface area contributed by atoms with Gasteiger partial charge in [0, 0.05) is 24.2 Å². The highest BCUT2D eigenvalue weighted by Gasteiger charge is 2.16. The number of aryl methyl sites for hydroxylation is 1. The maximum absolute atomic E-state index is 11.4. The fraction of sp³-hybridized carbons (Fsp3) is 0.267. The van der Waals surface area contributed by atoms with E-state index in [4.69, 9.17) is 5.26 Å². The molecular weight excluding hydrogens is 252 g/mol. The molecule has 100 valence electrons. The van der Waals surface area contributed by atoms with Gasteiger partial charge in [-0.3, -0.25) is 4.79 Å². The van der Waals surface area contributed by atoms with Gasteiger partial charge in [0.25, 0.3) is 0 Å². The van der Waals surface area contributed by atoms with Crippen LogP contribution in [0.3, 0.4) is 0 Å². The number of rotatable bonds is 3. The maximum atomic E-state index is 11.4. The lowest BCUT2D eigenvalue weighted by molar-refractivity contribution is -0.115. The molecule has 3 rings (SSSR count). The van der Waals surface area contributed by atoms with Crippen molar-refractivity contribution in [1.29, 1.82) is 5.26 Å². The number of nitrogens with zero attached hydrogens (tertiary/aromatic N) is 3. The first kappa shape index (κ1) is 12.4. The molecular formula is C15H14N4O. The van der Waals surface area contributed by atoms with Crippen molar-refractivity contribution in [1.82, 2.24) is 9.55 Å². The van der Waals surface area contributed by atoms with E-state index in [0.717, 1.165) is 36.5 Å². The summed E-state index contributed by atoms with van der Waals surface area (Å²) in [6.45, 7) is 0.996. The molecule has 0 aliphatic carbocycles. The molecule has 20 heavy (non-hydrogen) atoms. The summed E-state index contributed by atoms with van der Waals surface area (Å²) in [5, 5.41) is 11.2. The third kappa shape index (κ3) is 2.28. The molecule has 0 radical (unpaired) electrons. The number of amides is 1. The molecule has 1 amide bonds. The molecule has 0 atom stereocenters. The molecule has 5 heteroatoms. The van der Waals surface area contributed by atoms with Crippen LogP contribution in [0.2, 0.25) is 0 Å². The summed E-state index contributed by atoms with van der Waals surface area (Å²) >= 11 is 0. The average Bonchev–Trinajstić information content (AvgIpc) is 3.01. The lowest BCUT2D eigenvalue weighted by atomic mass is 10.1. The molecule has 2 heterocycles. The SMILES string of the molecule is N#CCC(=O)Nc1cccc(-c2cnc3n2CCC3)c1. The number of hydrogen-bond acceptors (Lipinski definition) is 3. The van der Waals surface area contributed by atoms with E-state index >= 15 is 0 Å². The number of carbonyl (C=O) groups is 1. The lowest BCUT2D eigenvalue weighted by Crippen LogP contribution is -2.10. The first-order valence-corrected chi connectivity index (χ1v) is 6.59. The Hall–Kier alpha value is -2.61. The summed E-state index contributed by atoms with van der Waals surface area (Å²) < 4.78 is 2.22. The van der Waals surface area contributed by atoms with Gasteiger partial charge in [-0.25, -0.2) is 4.98 Å². The Bertz CT molecular complexity index is 696. The average molecular weight is 266 g/mol. The molecule has 5 nitrogen and oxygen atoms in total. The Morgan fingerprint density at radius 3 is 3.25 bits per heavy atom. The van der Waals surface area contributed by atoms with E-state index in [1.807, 2.05) is 36.5 Å². The summed E-state index contributed by atoms with van der Waals surface area (Å²) in [6, 6.07) is 9.47. The molecule has 0 spiro atoms. The predicted octanol–water partition coefficient (Wildman–Crippen LogP) is 2.35. The third-order valence-corrected chi connectivity index (χ3v) is 3.40. The zero-order chi connectivity index (χ0) is 13.9. The fourth-order valence-corrected chi connectivity index (χ4v) is 2.52. The summed E-state index contributed by atoms with van der Waals surface area (Å²) in [7, 11) is 0. The van der Waals surface area contributed by atoms with Crippen molar-refractivity contribution in [2.45, 2.75) is 25.8 Å². The van der Waals surface area contributed by atoms with Crippen molar-refractivity contribution in [2.75, 3.05) is 5.32 Å². The molecule has 1 aromatic carbocycles. The second-order valence-corrected chi connectivity index (χ2v) is 4.78. The minimum atomic E-state index is -0.289. The Labute approximate surface area is 116 Å². The summed E-state index contributed by atoms with van der Waals surface area (Å²) in [6.07, 6.45) is 3.91. The van der Waals surface area contributed by atoms with Crippen LogP contribution in [0.1, 0.15) is 18.7 Å². The zero-order valence-corrected chi connectivity index (χ0v) is 11.0. The molecule has 1 N–H and O–H groups in total. The smallest absolute Gasteiger partial charge is 0.238 e. The van der Waals surface area contributed by atoms with Crippen LogP contribution in [0, 0.1) is 11.3 Å². The molecule has 1 aromatic heterocycles. The number of hydrogen-bond donors (Lipinski definition) is 1. The highest BCUT2D eigenvalue weighted by molar-refractivity contribution is 5.92. The molecule has 1 aliphatic heterocycles. The van der Waals surface area contributed by atoms with Gasteiger partial charge in [0.2, 0.25) is 5.91 Å². The van der Waals surface area contributed by atoms with E-state index in [2.05, 4.69) is 14.9 Å². The number of imidazole rings is 1. The van der Waals surface area contributed by atoms with Crippen LogP contribution in [0.5, 0.6) is 0 Å². The number of aromatic nitrogens is 2. The standard InChI is InChI=1S/C15H14N4O/c16-7-6-15(20)18-12-4-1-3-11(9-12)13-10-17-14-5-2-8-19(13)14/h1,3-4,9-10H,2,5-6,8H2,(H,18,20). The van der Waals surface area contributed by atoms with Gasteiger partial charge in [0.05, 0.1) is 18.0 Å². The normalized spacial score (nSPS) is 12.8. The van der Waals surface area contributed by atoms with Crippen LogP contribution in [0.4, 0.5) is 5.69 Å². The third-order valence-electron chi connectivity index (χ3n) is 3.40. The number of carbonyl (C=O) groups excluding carboxylic acids is 1. The van der Waals surface area contributed by atoms with Gasteiger partial charge >= 0.3 is 0 Å². The van der Waals surface area contributed by atoms with Gasteiger partial charge in [0.1, 0.15) is 12.2 Å². The lowest BCUT2D eigenvalue weighted by Gasteiger charge is -2.08. The number of benzene rings is 1. The van der Waals surface area contributed by atoms with Gasteiger partial charge in [-0.15, -0.1) is 0 Å². The van der Waals surface area contributed by atoms with Crippen molar-refractivity contribution < 1.29 is 4.79 Å². The monoisotopic (exact) mass is 266 g/mol. The largest absolute Gasteiger partial charge is 0.328 e. The first-order valence-electron chi connectivity index (χ1n) is 6.59. The van der Waals surface area contributed by atoms with Gasteiger partial charge in [0.15, 0.2) is 0 Å². The van der Waals surface area contributed by atoms with E-state index < -0.39 is 0 Å². The van der Waals surface area contributed by atoms with E-state index in [9.17, 15) is 4.79 Å². The van der Waals surface area contributed by atoms with Crippen molar-refractivity contribution >= 4 is 11.6 Å². The Kier molecular flexibility index (Phi) is 3.21.